The van der Waals surface area contributed by atoms with Gasteiger partial charge in [0.05, 0.1) is 12.1 Å². The number of nitrogens with zero attached hydrogens (tertiary/aromatic N) is 1. The van der Waals surface area contributed by atoms with Gasteiger partial charge in [0.25, 0.3) is 0 Å². The van der Waals surface area contributed by atoms with E-state index in [0.717, 1.165) is 51.2 Å². The smallest absolute Gasteiger partial charge is 0.323 e. The fourth-order valence-electron chi connectivity index (χ4n) is 3.26. The number of rotatable bonds is 7. The summed E-state index contributed by atoms with van der Waals surface area (Å²) < 4.78 is 7.59. The zero-order valence-corrected chi connectivity index (χ0v) is 16.8. The number of halogens is 2. The molecule has 0 radical (unpaired) electrons. The standard InChI is InChI=1S/C21H21Cl2NO3/c1-13-8-17(9-14(2)21(13)23)27-7-3-4-15-11-24(12-20(25)26)19-10-16(22)5-6-18(15)19/h5-6,8-11H,3-4,7,12H2,1-2H3,(H,25,26). The van der Waals surface area contributed by atoms with Crippen LogP contribution < -0.4 is 4.74 Å². The molecule has 0 fully saturated rings. The average molecular weight is 406 g/mol. The molecule has 0 saturated heterocycles. The first-order valence-corrected chi connectivity index (χ1v) is 9.49. The van der Waals surface area contributed by atoms with Crippen molar-refractivity contribution in [2.75, 3.05) is 6.61 Å². The Bertz CT molecular complexity index is 971. The molecule has 0 unspecified atom stereocenters. The first kappa shape index (κ1) is 19.6. The number of aromatic nitrogens is 1. The van der Waals surface area contributed by atoms with Crippen LogP contribution >= 0.6 is 23.2 Å². The number of aliphatic carboxylic acids is 1. The largest absolute Gasteiger partial charge is 0.494 e. The first-order chi connectivity index (χ1) is 12.8. The van der Waals surface area contributed by atoms with Gasteiger partial charge in [-0.25, -0.2) is 0 Å². The number of carbonyl (C=O) groups is 1. The third kappa shape index (κ3) is 4.57. The second-order valence-corrected chi connectivity index (χ2v) is 7.47. The van der Waals surface area contributed by atoms with Crippen molar-refractivity contribution in [1.29, 1.82) is 0 Å². The third-order valence-corrected chi connectivity index (χ3v) is 5.33. The van der Waals surface area contributed by atoms with E-state index in [2.05, 4.69) is 0 Å². The molecular weight excluding hydrogens is 385 g/mol. The molecule has 0 aliphatic heterocycles. The number of hydrogen-bond acceptors (Lipinski definition) is 2. The van der Waals surface area contributed by atoms with Crippen LogP contribution in [0.5, 0.6) is 5.75 Å². The van der Waals surface area contributed by atoms with E-state index in [4.69, 9.17) is 33.0 Å². The molecule has 3 rings (SSSR count). The Labute approximate surface area is 168 Å². The van der Waals surface area contributed by atoms with Gasteiger partial charge in [0.15, 0.2) is 0 Å². The topological polar surface area (TPSA) is 51.5 Å². The molecule has 1 aromatic heterocycles. The number of benzene rings is 2. The Balaban J connectivity index is 1.69. The third-order valence-electron chi connectivity index (χ3n) is 4.50. The second-order valence-electron chi connectivity index (χ2n) is 6.66. The van der Waals surface area contributed by atoms with Crippen molar-refractivity contribution >= 4 is 40.1 Å². The predicted molar refractivity (Wildman–Crippen MR) is 109 cm³/mol. The van der Waals surface area contributed by atoms with Gasteiger partial charge in [-0.05, 0) is 67.6 Å². The number of hydrogen-bond donors (Lipinski definition) is 1. The summed E-state index contributed by atoms with van der Waals surface area (Å²) in [6, 6.07) is 9.46. The van der Waals surface area contributed by atoms with Gasteiger partial charge in [0.1, 0.15) is 12.3 Å². The highest BCUT2D eigenvalue weighted by molar-refractivity contribution is 6.32. The van der Waals surface area contributed by atoms with Gasteiger partial charge in [0, 0.05) is 21.6 Å². The second kappa shape index (κ2) is 8.24. The summed E-state index contributed by atoms with van der Waals surface area (Å²) in [5.74, 6) is -0.0651. The monoisotopic (exact) mass is 405 g/mol. The van der Waals surface area contributed by atoms with E-state index in [9.17, 15) is 4.79 Å². The molecule has 0 bridgehead atoms. The zero-order valence-electron chi connectivity index (χ0n) is 15.3. The molecule has 0 spiro atoms. The van der Waals surface area contributed by atoms with E-state index in [1.807, 2.05) is 44.3 Å². The molecule has 1 N–H and O–H groups in total. The Morgan fingerprint density at radius 3 is 2.52 bits per heavy atom. The van der Waals surface area contributed by atoms with Crippen LogP contribution in [-0.2, 0) is 17.8 Å². The lowest BCUT2D eigenvalue weighted by Crippen LogP contribution is -2.07. The van der Waals surface area contributed by atoms with Crippen molar-refractivity contribution in [2.24, 2.45) is 0 Å². The van der Waals surface area contributed by atoms with E-state index in [1.165, 1.54) is 0 Å². The maximum Gasteiger partial charge on any atom is 0.323 e. The molecule has 0 aliphatic carbocycles. The first-order valence-electron chi connectivity index (χ1n) is 8.74. The van der Waals surface area contributed by atoms with Crippen LogP contribution in [0.1, 0.15) is 23.1 Å². The molecule has 2 aromatic carbocycles. The molecule has 1 heterocycles. The molecular formula is C21H21Cl2NO3. The van der Waals surface area contributed by atoms with Crippen molar-refractivity contribution < 1.29 is 14.6 Å². The van der Waals surface area contributed by atoms with Gasteiger partial charge in [-0.1, -0.05) is 29.3 Å². The zero-order chi connectivity index (χ0) is 19.6. The van der Waals surface area contributed by atoms with Gasteiger partial charge in [0.2, 0.25) is 0 Å². The number of aryl methyl sites for hydroxylation is 3. The Morgan fingerprint density at radius 2 is 1.85 bits per heavy atom. The summed E-state index contributed by atoms with van der Waals surface area (Å²) in [5.41, 5.74) is 3.93. The molecule has 142 valence electrons. The van der Waals surface area contributed by atoms with Gasteiger partial charge in [-0.15, -0.1) is 0 Å². The predicted octanol–water partition coefficient (Wildman–Crippen LogP) is 5.66. The van der Waals surface area contributed by atoms with Crippen LogP contribution in [0.3, 0.4) is 0 Å². The van der Waals surface area contributed by atoms with Crippen LogP contribution in [0.15, 0.2) is 36.5 Å². The Hall–Kier alpha value is -2.17. The summed E-state index contributed by atoms with van der Waals surface area (Å²) in [6.45, 7) is 4.41. The van der Waals surface area contributed by atoms with Gasteiger partial charge in [-0.2, -0.15) is 0 Å². The van der Waals surface area contributed by atoms with Crippen LogP contribution in [0.4, 0.5) is 0 Å². The number of carboxylic acid groups (broad SMARTS) is 1. The van der Waals surface area contributed by atoms with Crippen molar-refractivity contribution in [1.82, 2.24) is 4.57 Å². The molecule has 0 atom stereocenters. The van der Waals surface area contributed by atoms with Crippen LogP contribution in [0.2, 0.25) is 10.0 Å². The van der Waals surface area contributed by atoms with Crippen LogP contribution in [0, 0.1) is 13.8 Å². The number of ether oxygens (including phenoxy) is 1. The maximum atomic E-state index is 11.1. The van der Waals surface area contributed by atoms with Gasteiger partial charge in [-0.3, -0.25) is 4.79 Å². The van der Waals surface area contributed by atoms with Crippen molar-refractivity contribution in [2.45, 2.75) is 33.2 Å². The number of carboxylic acids is 1. The summed E-state index contributed by atoms with van der Waals surface area (Å²) >= 11 is 12.3. The van der Waals surface area contributed by atoms with E-state index in [1.54, 1.807) is 10.6 Å². The normalized spacial score (nSPS) is 11.1. The SMILES string of the molecule is Cc1cc(OCCCc2cn(CC(=O)O)c3cc(Cl)ccc23)cc(C)c1Cl. The van der Waals surface area contributed by atoms with Gasteiger partial charge >= 0.3 is 5.97 Å². The highest BCUT2D eigenvalue weighted by Crippen LogP contribution is 2.27. The highest BCUT2D eigenvalue weighted by Gasteiger charge is 2.11. The van der Waals surface area contributed by atoms with Crippen molar-refractivity contribution in [3.8, 4) is 5.75 Å². The van der Waals surface area contributed by atoms with Crippen molar-refractivity contribution in [3.63, 3.8) is 0 Å². The molecule has 6 heteroatoms. The molecule has 4 nitrogen and oxygen atoms in total. The lowest BCUT2D eigenvalue weighted by molar-refractivity contribution is -0.137. The molecule has 0 amide bonds. The average Bonchev–Trinajstić information content (AvgIpc) is 2.92. The lowest BCUT2D eigenvalue weighted by atomic mass is 10.1. The van der Waals surface area contributed by atoms with E-state index in [-0.39, 0.29) is 6.54 Å². The highest BCUT2D eigenvalue weighted by atomic mass is 35.5. The van der Waals surface area contributed by atoms with Crippen LogP contribution in [0.25, 0.3) is 10.9 Å². The number of fused-ring (bicyclic) bond motifs is 1. The minimum absolute atomic E-state index is 0.0866. The Kier molecular flexibility index (Phi) is 5.98. The maximum absolute atomic E-state index is 11.1. The van der Waals surface area contributed by atoms with Gasteiger partial charge < -0.3 is 14.4 Å². The lowest BCUT2D eigenvalue weighted by Gasteiger charge is -2.10. The molecule has 3 aromatic rings. The van der Waals surface area contributed by atoms with E-state index < -0.39 is 5.97 Å². The molecule has 0 aliphatic rings. The molecule has 27 heavy (non-hydrogen) atoms. The summed E-state index contributed by atoms with van der Waals surface area (Å²) in [4.78, 5) is 11.1. The fourth-order valence-corrected chi connectivity index (χ4v) is 3.53. The van der Waals surface area contributed by atoms with Crippen molar-refractivity contribution in [3.05, 3.63) is 63.3 Å². The summed E-state index contributed by atoms with van der Waals surface area (Å²) in [7, 11) is 0. The Morgan fingerprint density at radius 1 is 1.15 bits per heavy atom. The van der Waals surface area contributed by atoms with Crippen LogP contribution in [-0.4, -0.2) is 22.2 Å². The van der Waals surface area contributed by atoms with E-state index in [0.29, 0.717) is 11.6 Å². The molecule has 0 saturated carbocycles. The fraction of sp³-hybridized carbons (Fsp3) is 0.286. The van der Waals surface area contributed by atoms with E-state index >= 15 is 0 Å². The summed E-state index contributed by atoms with van der Waals surface area (Å²) in [6.07, 6.45) is 3.50. The minimum atomic E-state index is -0.879. The minimum Gasteiger partial charge on any atom is -0.494 e. The summed E-state index contributed by atoms with van der Waals surface area (Å²) in [5, 5.41) is 11.5. The quantitative estimate of drug-likeness (QED) is 0.515.